The van der Waals surface area contributed by atoms with Crippen LogP contribution in [0.4, 0.5) is 0 Å². The van der Waals surface area contributed by atoms with E-state index in [9.17, 15) is 0 Å². The highest BCUT2D eigenvalue weighted by atomic mass is 14.9. The van der Waals surface area contributed by atoms with Gasteiger partial charge in [0.25, 0.3) is 0 Å². The van der Waals surface area contributed by atoms with E-state index < -0.39 is 0 Å². The molecule has 2 heteroatoms. The molecule has 0 unspecified atom stereocenters. The molecule has 0 amide bonds. The van der Waals surface area contributed by atoms with Crippen LogP contribution in [0.25, 0.3) is 88.5 Å². The monoisotopic (exact) mass is 708 g/mol. The van der Waals surface area contributed by atoms with E-state index in [1.165, 1.54) is 71.3 Å². The van der Waals surface area contributed by atoms with E-state index in [0.717, 1.165) is 46.7 Å². The molecule has 9 aromatic rings. The fraction of sp³-hybridized carbons (Fsp3) is 0.170. The molecular formula is C53H44N2. The number of aromatic nitrogens is 2. The van der Waals surface area contributed by atoms with Crippen molar-refractivity contribution in [2.75, 3.05) is 0 Å². The van der Waals surface area contributed by atoms with Crippen molar-refractivity contribution in [2.24, 2.45) is 0 Å². The smallest absolute Gasteiger partial charge is 0.160 e. The van der Waals surface area contributed by atoms with Crippen LogP contribution in [-0.4, -0.2) is 9.97 Å². The van der Waals surface area contributed by atoms with Crippen molar-refractivity contribution in [3.63, 3.8) is 0 Å². The molecule has 0 spiro atoms. The van der Waals surface area contributed by atoms with Gasteiger partial charge in [0.1, 0.15) is 0 Å². The van der Waals surface area contributed by atoms with Gasteiger partial charge in [0.15, 0.2) is 5.82 Å². The lowest BCUT2D eigenvalue weighted by atomic mass is 9.73. The zero-order valence-electron chi connectivity index (χ0n) is 32.2. The molecule has 0 bridgehead atoms. The van der Waals surface area contributed by atoms with Crippen LogP contribution in [0, 0.1) is 0 Å². The summed E-state index contributed by atoms with van der Waals surface area (Å²) in [7, 11) is 0. The van der Waals surface area contributed by atoms with Crippen molar-refractivity contribution in [3.05, 3.63) is 168 Å². The first-order chi connectivity index (χ1) is 26.8. The Balaban J connectivity index is 1.12. The highest BCUT2D eigenvalue weighted by Crippen LogP contribution is 2.55. The Morgan fingerprint density at radius 2 is 0.945 bits per heavy atom. The summed E-state index contributed by atoms with van der Waals surface area (Å²) in [4.78, 5) is 10.4. The molecule has 0 fully saturated rings. The second-order valence-corrected chi connectivity index (χ2v) is 16.4. The number of rotatable bonds is 6. The summed E-state index contributed by atoms with van der Waals surface area (Å²) in [5.74, 6) is 0.754. The predicted octanol–water partition coefficient (Wildman–Crippen LogP) is 14.4. The maximum Gasteiger partial charge on any atom is 0.160 e. The van der Waals surface area contributed by atoms with E-state index in [1.807, 2.05) is 0 Å². The molecule has 0 N–H and O–H groups in total. The fourth-order valence-corrected chi connectivity index (χ4v) is 9.61. The normalized spacial score (nSPS) is 13.5. The van der Waals surface area contributed by atoms with Crippen molar-refractivity contribution < 1.29 is 0 Å². The molecular weight excluding hydrogens is 665 g/mol. The van der Waals surface area contributed by atoms with Gasteiger partial charge in [0.2, 0.25) is 0 Å². The van der Waals surface area contributed by atoms with Gasteiger partial charge in [-0.1, -0.05) is 168 Å². The standard InChI is InChI=1S/C53H44N2/c1-6-53(7-2)45-30-37(39-24-18-35-20-28-43-44(52(3,4)5)29-23-36-19-27-42(39)49(35)50(36)43)21-25-40(45)41-26-22-38(31-46(41)53)51-54-47(33-14-10-8-11-15-33)32-48(55-51)34-16-12-9-13-17-34/h8-32H,6-7H2,1-5H3. The first-order valence-electron chi connectivity index (χ1n) is 19.8. The number of nitrogens with zero attached hydrogens (tertiary/aromatic N) is 2. The Bertz CT molecular complexity index is 2850. The average Bonchev–Trinajstić information content (AvgIpc) is 3.51. The van der Waals surface area contributed by atoms with Gasteiger partial charge in [-0.2, -0.15) is 0 Å². The SMILES string of the molecule is CCC1(CC)c2cc(-c3nc(-c4ccccc4)cc(-c4ccccc4)n3)ccc2-c2ccc(-c3ccc4ccc5c(C(C)(C)C)ccc6ccc3c4c65)cc21. The first-order valence-corrected chi connectivity index (χ1v) is 19.8. The molecule has 1 aromatic heterocycles. The molecule has 55 heavy (non-hydrogen) atoms. The molecule has 266 valence electrons. The van der Waals surface area contributed by atoms with Gasteiger partial charge in [-0.05, 0) is 108 Å². The molecule has 1 aliphatic rings. The van der Waals surface area contributed by atoms with Crippen LogP contribution in [0.1, 0.15) is 64.2 Å². The Labute approximate surface area is 323 Å². The van der Waals surface area contributed by atoms with Crippen LogP contribution in [0.5, 0.6) is 0 Å². The quantitative estimate of drug-likeness (QED) is 0.161. The third-order valence-corrected chi connectivity index (χ3v) is 12.5. The minimum atomic E-state index is -0.124. The lowest BCUT2D eigenvalue weighted by Gasteiger charge is -2.30. The van der Waals surface area contributed by atoms with Gasteiger partial charge in [0, 0.05) is 22.1 Å². The Morgan fingerprint density at radius 3 is 1.53 bits per heavy atom. The molecule has 0 saturated carbocycles. The van der Waals surface area contributed by atoms with Gasteiger partial charge >= 0.3 is 0 Å². The van der Waals surface area contributed by atoms with Gasteiger partial charge in [-0.25, -0.2) is 9.97 Å². The maximum atomic E-state index is 5.20. The van der Waals surface area contributed by atoms with E-state index in [0.29, 0.717) is 0 Å². The summed E-state index contributed by atoms with van der Waals surface area (Å²) in [6.07, 6.45) is 2.01. The van der Waals surface area contributed by atoms with Crippen LogP contribution < -0.4 is 0 Å². The third kappa shape index (κ3) is 5.15. The predicted molar refractivity (Wildman–Crippen MR) is 233 cm³/mol. The number of hydrogen-bond acceptors (Lipinski definition) is 2. The molecule has 8 aromatic carbocycles. The number of hydrogen-bond donors (Lipinski definition) is 0. The average molecular weight is 709 g/mol. The molecule has 10 rings (SSSR count). The molecule has 0 atom stereocenters. The summed E-state index contributed by atoms with van der Waals surface area (Å²) in [6, 6.07) is 55.8. The highest BCUT2D eigenvalue weighted by Gasteiger charge is 2.41. The summed E-state index contributed by atoms with van der Waals surface area (Å²) in [5, 5.41) is 8.05. The molecule has 1 aliphatic carbocycles. The Morgan fingerprint density at radius 1 is 0.455 bits per heavy atom. The van der Waals surface area contributed by atoms with E-state index in [-0.39, 0.29) is 10.8 Å². The molecule has 0 aliphatic heterocycles. The zero-order valence-corrected chi connectivity index (χ0v) is 32.2. The Kier molecular flexibility index (Phi) is 7.58. The van der Waals surface area contributed by atoms with Crippen LogP contribution in [0.3, 0.4) is 0 Å². The van der Waals surface area contributed by atoms with E-state index in [2.05, 4.69) is 186 Å². The van der Waals surface area contributed by atoms with E-state index >= 15 is 0 Å². The Hall–Kier alpha value is -6.12. The van der Waals surface area contributed by atoms with Gasteiger partial charge in [-0.15, -0.1) is 0 Å². The summed E-state index contributed by atoms with van der Waals surface area (Å²) in [5.41, 5.74) is 14.4. The van der Waals surface area contributed by atoms with Crippen molar-refractivity contribution in [2.45, 2.75) is 58.3 Å². The number of fused-ring (bicyclic) bond motifs is 3. The summed E-state index contributed by atoms with van der Waals surface area (Å²) >= 11 is 0. The molecule has 1 heterocycles. The van der Waals surface area contributed by atoms with Crippen LogP contribution >= 0.6 is 0 Å². The molecule has 0 radical (unpaired) electrons. The van der Waals surface area contributed by atoms with Gasteiger partial charge in [0.05, 0.1) is 11.4 Å². The van der Waals surface area contributed by atoms with Gasteiger partial charge < -0.3 is 0 Å². The fourth-order valence-electron chi connectivity index (χ4n) is 9.61. The molecule has 0 saturated heterocycles. The highest BCUT2D eigenvalue weighted by molar-refractivity contribution is 6.26. The lowest BCUT2D eigenvalue weighted by molar-refractivity contribution is 0.490. The van der Waals surface area contributed by atoms with Crippen LogP contribution in [-0.2, 0) is 10.8 Å². The summed E-state index contributed by atoms with van der Waals surface area (Å²) in [6.45, 7) is 11.7. The maximum absolute atomic E-state index is 5.20. The minimum absolute atomic E-state index is 0.0602. The first kappa shape index (κ1) is 33.4. The lowest BCUT2D eigenvalue weighted by Crippen LogP contribution is -2.23. The number of benzene rings is 8. The van der Waals surface area contributed by atoms with Crippen LogP contribution in [0.15, 0.2) is 152 Å². The van der Waals surface area contributed by atoms with Crippen molar-refractivity contribution >= 4 is 32.3 Å². The van der Waals surface area contributed by atoms with Crippen molar-refractivity contribution in [1.82, 2.24) is 9.97 Å². The second kappa shape index (κ2) is 12.5. The zero-order chi connectivity index (χ0) is 37.5. The van der Waals surface area contributed by atoms with E-state index in [4.69, 9.17) is 9.97 Å². The van der Waals surface area contributed by atoms with Crippen molar-refractivity contribution in [3.8, 4) is 56.2 Å². The van der Waals surface area contributed by atoms with Crippen LogP contribution in [0.2, 0.25) is 0 Å². The minimum Gasteiger partial charge on any atom is -0.228 e. The third-order valence-electron chi connectivity index (χ3n) is 12.5. The summed E-state index contributed by atoms with van der Waals surface area (Å²) < 4.78 is 0. The largest absolute Gasteiger partial charge is 0.228 e. The molecule has 2 nitrogen and oxygen atoms in total. The van der Waals surface area contributed by atoms with Crippen molar-refractivity contribution in [1.29, 1.82) is 0 Å². The second-order valence-electron chi connectivity index (χ2n) is 16.4. The van der Waals surface area contributed by atoms with E-state index in [1.54, 1.807) is 0 Å². The topological polar surface area (TPSA) is 25.8 Å². The van der Waals surface area contributed by atoms with Gasteiger partial charge in [-0.3, -0.25) is 0 Å².